The minimum Gasteiger partial charge on any atom is -0.356 e. The molecular formula is C21H29N5O. The number of aryl methyl sites for hydroxylation is 1. The highest BCUT2D eigenvalue weighted by atomic mass is 16.2. The molecule has 2 aliphatic rings. The molecule has 2 fully saturated rings. The molecule has 1 unspecified atom stereocenters. The number of carbonyl (C=O) groups excluding carboxylic acids is 1. The normalized spacial score (nSPS) is 26.0. The van der Waals surface area contributed by atoms with Gasteiger partial charge in [-0.2, -0.15) is 5.10 Å². The fraction of sp³-hybridized carbons (Fsp3) is 0.571. The van der Waals surface area contributed by atoms with E-state index in [0.29, 0.717) is 12.1 Å². The summed E-state index contributed by atoms with van der Waals surface area (Å²) in [4.78, 5) is 19.5. The second-order valence-corrected chi connectivity index (χ2v) is 7.98. The van der Waals surface area contributed by atoms with Crippen LogP contribution in [0.15, 0.2) is 36.8 Å². The molecule has 27 heavy (non-hydrogen) atoms. The van der Waals surface area contributed by atoms with E-state index in [1.165, 1.54) is 5.56 Å². The average molecular weight is 367 g/mol. The van der Waals surface area contributed by atoms with Crippen molar-refractivity contribution in [3.8, 4) is 0 Å². The molecule has 2 aromatic heterocycles. The predicted molar refractivity (Wildman–Crippen MR) is 106 cm³/mol. The van der Waals surface area contributed by atoms with Gasteiger partial charge in [-0.3, -0.25) is 9.48 Å². The Labute approximate surface area is 161 Å². The van der Waals surface area contributed by atoms with E-state index in [-0.39, 0.29) is 11.8 Å². The zero-order valence-corrected chi connectivity index (χ0v) is 16.1. The van der Waals surface area contributed by atoms with Crippen molar-refractivity contribution in [1.82, 2.24) is 20.1 Å². The molecule has 1 saturated carbocycles. The molecule has 0 aromatic carbocycles. The monoisotopic (exact) mass is 367 g/mol. The Hall–Kier alpha value is -2.37. The molecule has 1 aliphatic heterocycles. The summed E-state index contributed by atoms with van der Waals surface area (Å²) in [5, 5.41) is 7.78. The van der Waals surface area contributed by atoms with Crippen molar-refractivity contribution < 1.29 is 4.79 Å². The molecule has 2 aromatic rings. The number of nitrogens with zero attached hydrogens (tertiary/aromatic N) is 4. The molecule has 6 nitrogen and oxygen atoms in total. The highest BCUT2D eigenvalue weighted by Gasteiger charge is 2.29. The maximum atomic E-state index is 12.8. The van der Waals surface area contributed by atoms with Crippen LogP contribution < -0.4 is 10.2 Å². The highest BCUT2D eigenvalue weighted by Crippen LogP contribution is 2.29. The minimum atomic E-state index is 0.0623. The first-order chi connectivity index (χ1) is 13.2. The quantitative estimate of drug-likeness (QED) is 0.902. The van der Waals surface area contributed by atoms with Crippen molar-refractivity contribution >= 4 is 11.7 Å². The Balaban J connectivity index is 1.28. The van der Waals surface area contributed by atoms with E-state index in [9.17, 15) is 4.79 Å². The second-order valence-electron chi connectivity index (χ2n) is 7.98. The highest BCUT2D eigenvalue weighted by molar-refractivity contribution is 5.79. The molecule has 4 rings (SSSR count). The number of anilines is 1. The number of piperidine rings is 1. The number of hydrogen-bond donors (Lipinski definition) is 1. The van der Waals surface area contributed by atoms with E-state index in [0.717, 1.165) is 57.4 Å². The standard InChI is InChI=1S/C21H29N5O/c1-16-13-23-26(14-16)19-9-7-18(8-10-19)24-21(27)17-5-4-12-25(15-17)20-6-2-3-11-22-20/h2-3,6,11,13-14,17-19H,4-5,7-10,12,15H2,1H3,(H,24,27). The van der Waals surface area contributed by atoms with Crippen molar-refractivity contribution in [3.63, 3.8) is 0 Å². The van der Waals surface area contributed by atoms with Crippen LogP contribution in [0.25, 0.3) is 0 Å². The molecule has 1 N–H and O–H groups in total. The molecule has 1 aliphatic carbocycles. The topological polar surface area (TPSA) is 63.1 Å². The summed E-state index contributed by atoms with van der Waals surface area (Å²) in [6, 6.07) is 6.74. The van der Waals surface area contributed by atoms with Crippen LogP contribution >= 0.6 is 0 Å². The van der Waals surface area contributed by atoms with Gasteiger partial charge in [0.25, 0.3) is 0 Å². The number of pyridine rings is 1. The van der Waals surface area contributed by atoms with Gasteiger partial charge in [0, 0.05) is 31.5 Å². The summed E-state index contributed by atoms with van der Waals surface area (Å²) in [5.74, 6) is 1.26. The molecule has 0 spiro atoms. The van der Waals surface area contributed by atoms with Gasteiger partial charge in [0.2, 0.25) is 5.91 Å². The summed E-state index contributed by atoms with van der Waals surface area (Å²) in [6.45, 7) is 3.83. The average Bonchev–Trinajstić information content (AvgIpc) is 3.16. The first-order valence-electron chi connectivity index (χ1n) is 10.2. The van der Waals surface area contributed by atoms with Crippen LogP contribution in [0.5, 0.6) is 0 Å². The lowest BCUT2D eigenvalue weighted by atomic mass is 9.90. The molecular weight excluding hydrogens is 338 g/mol. The van der Waals surface area contributed by atoms with Crippen LogP contribution in [0.1, 0.15) is 50.1 Å². The van der Waals surface area contributed by atoms with Gasteiger partial charge < -0.3 is 10.2 Å². The van der Waals surface area contributed by atoms with E-state index in [1.807, 2.05) is 30.6 Å². The number of hydrogen-bond acceptors (Lipinski definition) is 4. The molecule has 3 heterocycles. The van der Waals surface area contributed by atoms with E-state index < -0.39 is 0 Å². The van der Waals surface area contributed by atoms with Gasteiger partial charge in [-0.15, -0.1) is 0 Å². The van der Waals surface area contributed by atoms with Gasteiger partial charge in [-0.05, 0) is 63.1 Å². The first kappa shape index (κ1) is 18.0. The number of rotatable bonds is 4. The van der Waals surface area contributed by atoms with Crippen molar-refractivity contribution in [2.24, 2.45) is 5.92 Å². The third-order valence-corrected chi connectivity index (χ3v) is 5.91. The lowest BCUT2D eigenvalue weighted by Crippen LogP contribution is -2.47. The zero-order chi connectivity index (χ0) is 18.6. The Bertz CT molecular complexity index is 751. The Morgan fingerprint density at radius 1 is 1.19 bits per heavy atom. The molecule has 144 valence electrons. The fourth-order valence-corrected chi connectivity index (χ4v) is 4.38. The third-order valence-electron chi connectivity index (χ3n) is 5.91. The molecule has 0 bridgehead atoms. The van der Waals surface area contributed by atoms with Crippen LogP contribution in [0.4, 0.5) is 5.82 Å². The maximum absolute atomic E-state index is 12.8. The van der Waals surface area contributed by atoms with Crippen LogP contribution in [0.3, 0.4) is 0 Å². The second kappa shape index (κ2) is 8.11. The maximum Gasteiger partial charge on any atom is 0.225 e. The van der Waals surface area contributed by atoms with Crippen LogP contribution in [0.2, 0.25) is 0 Å². The largest absolute Gasteiger partial charge is 0.356 e. The van der Waals surface area contributed by atoms with Gasteiger partial charge >= 0.3 is 0 Å². The first-order valence-corrected chi connectivity index (χ1v) is 10.2. The summed E-state index contributed by atoms with van der Waals surface area (Å²) in [6.07, 6.45) is 12.1. The van der Waals surface area contributed by atoms with Gasteiger partial charge in [-0.25, -0.2) is 4.98 Å². The number of carbonyl (C=O) groups is 1. The minimum absolute atomic E-state index is 0.0623. The van der Waals surface area contributed by atoms with Gasteiger partial charge in [0.1, 0.15) is 5.82 Å². The Morgan fingerprint density at radius 2 is 2.04 bits per heavy atom. The fourth-order valence-electron chi connectivity index (χ4n) is 4.38. The lowest BCUT2D eigenvalue weighted by Gasteiger charge is -2.35. The Morgan fingerprint density at radius 3 is 2.74 bits per heavy atom. The molecule has 1 saturated heterocycles. The van der Waals surface area contributed by atoms with Crippen molar-refractivity contribution in [2.75, 3.05) is 18.0 Å². The van der Waals surface area contributed by atoms with E-state index in [2.05, 4.69) is 38.1 Å². The molecule has 0 radical (unpaired) electrons. The predicted octanol–water partition coefficient (Wildman–Crippen LogP) is 3.10. The lowest BCUT2D eigenvalue weighted by molar-refractivity contribution is -0.126. The van der Waals surface area contributed by atoms with Crippen LogP contribution in [-0.4, -0.2) is 39.8 Å². The van der Waals surface area contributed by atoms with Gasteiger partial charge in [-0.1, -0.05) is 6.07 Å². The number of amides is 1. The summed E-state index contributed by atoms with van der Waals surface area (Å²) in [7, 11) is 0. The summed E-state index contributed by atoms with van der Waals surface area (Å²) in [5.41, 5.74) is 1.21. The van der Waals surface area contributed by atoms with Crippen molar-refractivity contribution in [3.05, 3.63) is 42.4 Å². The molecule has 6 heteroatoms. The third kappa shape index (κ3) is 4.31. The van der Waals surface area contributed by atoms with Crippen molar-refractivity contribution in [2.45, 2.75) is 57.5 Å². The van der Waals surface area contributed by atoms with E-state index in [1.54, 1.807) is 0 Å². The Kier molecular flexibility index (Phi) is 5.41. The van der Waals surface area contributed by atoms with Gasteiger partial charge in [0.15, 0.2) is 0 Å². The van der Waals surface area contributed by atoms with Crippen LogP contribution in [0, 0.1) is 12.8 Å². The summed E-state index contributed by atoms with van der Waals surface area (Å²) >= 11 is 0. The van der Waals surface area contributed by atoms with Crippen LogP contribution in [-0.2, 0) is 4.79 Å². The van der Waals surface area contributed by atoms with Gasteiger partial charge in [0.05, 0.1) is 18.2 Å². The smallest absolute Gasteiger partial charge is 0.225 e. The molecule has 1 atom stereocenters. The van der Waals surface area contributed by atoms with E-state index in [4.69, 9.17) is 0 Å². The molecule has 1 amide bonds. The summed E-state index contributed by atoms with van der Waals surface area (Å²) < 4.78 is 2.10. The number of nitrogens with one attached hydrogen (secondary N) is 1. The van der Waals surface area contributed by atoms with E-state index >= 15 is 0 Å². The van der Waals surface area contributed by atoms with Crippen molar-refractivity contribution in [1.29, 1.82) is 0 Å². The SMILES string of the molecule is Cc1cnn(C2CCC(NC(=O)C3CCCN(c4ccccn4)C3)CC2)c1. The zero-order valence-electron chi connectivity index (χ0n) is 16.1. The number of aromatic nitrogens is 3.